The van der Waals surface area contributed by atoms with Gasteiger partial charge >= 0.3 is 0 Å². The molecule has 4 heteroatoms. The summed E-state index contributed by atoms with van der Waals surface area (Å²) >= 11 is 5.25. The average molecular weight is 340 g/mol. The van der Waals surface area contributed by atoms with Crippen molar-refractivity contribution in [3.8, 4) is 5.75 Å². The Hall–Kier alpha value is -0.840. The Bertz CT molecular complexity index is 513. The molecule has 0 aliphatic rings. The monoisotopic (exact) mass is 339 g/mol. The molecule has 2 aromatic rings. The molecule has 0 bridgehead atoms. The molecular weight excluding hydrogens is 322 g/mol. The van der Waals surface area contributed by atoms with Gasteiger partial charge in [0, 0.05) is 6.04 Å². The topological polar surface area (TPSA) is 35.2 Å². The lowest BCUT2D eigenvalue weighted by atomic mass is 10.0. The molecule has 0 radical (unpaired) electrons. The van der Waals surface area contributed by atoms with Crippen molar-refractivity contribution in [1.29, 1.82) is 0 Å². The van der Waals surface area contributed by atoms with Crippen LogP contribution in [0.5, 0.6) is 5.75 Å². The number of rotatable bonds is 6. The van der Waals surface area contributed by atoms with Crippen LogP contribution in [0.2, 0.25) is 0 Å². The maximum Gasteiger partial charge on any atom is 0.137 e. The first kappa shape index (κ1) is 14.6. The second kappa shape index (κ2) is 7.08. The van der Waals surface area contributed by atoms with E-state index in [2.05, 4.69) is 45.7 Å². The number of nitrogens with two attached hydrogens (primary N) is 1. The number of benzene rings is 1. The van der Waals surface area contributed by atoms with Crippen molar-refractivity contribution in [2.45, 2.75) is 32.4 Å². The Balaban J connectivity index is 2.13. The quantitative estimate of drug-likeness (QED) is 0.847. The van der Waals surface area contributed by atoms with Gasteiger partial charge < -0.3 is 10.5 Å². The van der Waals surface area contributed by atoms with E-state index in [1.54, 1.807) is 11.3 Å². The molecule has 0 spiro atoms. The van der Waals surface area contributed by atoms with Crippen LogP contribution in [-0.4, -0.2) is 6.04 Å². The van der Waals surface area contributed by atoms with Gasteiger partial charge in [-0.25, -0.2) is 0 Å². The fourth-order valence-electron chi connectivity index (χ4n) is 1.83. The van der Waals surface area contributed by atoms with Crippen molar-refractivity contribution in [2.75, 3.05) is 0 Å². The van der Waals surface area contributed by atoms with Gasteiger partial charge in [0.25, 0.3) is 0 Å². The van der Waals surface area contributed by atoms with Crippen molar-refractivity contribution >= 4 is 27.3 Å². The zero-order valence-corrected chi connectivity index (χ0v) is 13.3. The fraction of sp³-hybridized carbons (Fsp3) is 0.333. The lowest BCUT2D eigenvalue weighted by Gasteiger charge is -2.15. The van der Waals surface area contributed by atoms with Crippen LogP contribution in [0.15, 0.2) is 39.5 Å². The van der Waals surface area contributed by atoms with Crippen LogP contribution >= 0.6 is 27.3 Å². The predicted molar refractivity (Wildman–Crippen MR) is 84.8 cm³/mol. The molecule has 2 nitrogen and oxygen atoms in total. The first-order valence-electron chi connectivity index (χ1n) is 6.37. The van der Waals surface area contributed by atoms with E-state index in [4.69, 9.17) is 10.5 Å². The molecule has 2 N–H and O–H groups in total. The summed E-state index contributed by atoms with van der Waals surface area (Å²) in [6.45, 7) is 2.70. The molecule has 0 saturated heterocycles. The lowest BCUT2D eigenvalue weighted by Crippen LogP contribution is -2.21. The highest BCUT2D eigenvalue weighted by atomic mass is 79.9. The molecule has 2 rings (SSSR count). The molecule has 0 aliphatic heterocycles. The summed E-state index contributed by atoms with van der Waals surface area (Å²) in [6, 6.07) is 8.38. The average Bonchev–Trinajstić information content (AvgIpc) is 2.91. The van der Waals surface area contributed by atoms with Crippen molar-refractivity contribution in [1.82, 2.24) is 0 Å². The summed E-state index contributed by atoms with van der Waals surface area (Å²) in [6.07, 6.45) is 1.81. The number of hydrogen-bond donors (Lipinski definition) is 1. The molecule has 19 heavy (non-hydrogen) atoms. The highest BCUT2D eigenvalue weighted by molar-refractivity contribution is 9.10. The van der Waals surface area contributed by atoms with Gasteiger partial charge in [0.05, 0.1) is 4.47 Å². The van der Waals surface area contributed by atoms with Crippen molar-refractivity contribution < 1.29 is 4.74 Å². The summed E-state index contributed by atoms with van der Waals surface area (Å²) in [5.41, 5.74) is 8.41. The molecule has 0 aliphatic carbocycles. The van der Waals surface area contributed by atoms with Crippen LogP contribution in [0.4, 0.5) is 0 Å². The van der Waals surface area contributed by atoms with E-state index in [9.17, 15) is 0 Å². The number of halogens is 1. The second-order valence-corrected chi connectivity index (χ2v) is 6.16. The Morgan fingerprint density at radius 1 is 1.37 bits per heavy atom. The summed E-state index contributed by atoms with van der Waals surface area (Å²) in [7, 11) is 0. The molecule has 1 heterocycles. The third kappa shape index (κ3) is 4.06. The zero-order valence-electron chi connectivity index (χ0n) is 10.9. The standard InChI is InChI=1S/C15H18BrNOS/c1-2-13(17)8-12-4-3-5-14(16)15(12)18-9-11-6-7-19-10-11/h3-7,10,13H,2,8-9,17H2,1H3. The van der Waals surface area contributed by atoms with Crippen LogP contribution in [0, 0.1) is 0 Å². The Labute approximate surface area is 126 Å². The number of para-hydroxylation sites is 1. The molecule has 102 valence electrons. The van der Waals surface area contributed by atoms with Gasteiger partial charge in [0.15, 0.2) is 0 Å². The minimum absolute atomic E-state index is 0.179. The third-order valence-electron chi connectivity index (χ3n) is 3.02. The minimum atomic E-state index is 0.179. The van der Waals surface area contributed by atoms with Crippen LogP contribution in [0.25, 0.3) is 0 Å². The van der Waals surface area contributed by atoms with Crippen LogP contribution < -0.4 is 10.5 Å². The molecule has 1 aromatic carbocycles. The zero-order chi connectivity index (χ0) is 13.7. The third-order valence-corrected chi connectivity index (χ3v) is 4.37. The first-order chi connectivity index (χ1) is 9.20. The van der Waals surface area contributed by atoms with Crippen molar-refractivity contribution in [2.24, 2.45) is 5.73 Å². The van der Waals surface area contributed by atoms with Gasteiger partial charge in [0.2, 0.25) is 0 Å². The van der Waals surface area contributed by atoms with E-state index in [1.165, 1.54) is 11.1 Å². The molecule has 0 fully saturated rings. The Morgan fingerprint density at radius 2 is 2.21 bits per heavy atom. The second-order valence-electron chi connectivity index (χ2n) is 4.52. The highest BCUT2D eigenvalue weighted by Gasteiger charge is 2.11. The van der Waals surface area contributed by atoms with Gasteiger partial charge in [-0.3, -0.25) is 0 Å². The van der Waals surface area contributed by atoms with E-state index in [0.717, 1.165) is 23.1 Å². The molecule has 0 saturated carbocycles. The van der Waals surface area contributed by atoms with Gasteiger partial charge in [-0.05, 0) is 62.8 Å². The van der Waals surface area contributed by atoms with E-state index < -0.39 is 0 Å². The number of ether oxygens (including phenoxy) is 1. The minimum Gasteiger partial charge on any atom is -0.487 e. The molecule has 0 amide bonds. The van der Waals surface area contributed by atoms with E-state index in [-0.39, 0.29) is 6.04 Å². The maximum absolute atomic E-state index is 6.05. The molecule has 1 unspecified atom stereocenters. The largest absolute Gasteiger partial charge is 0.487 e. The van der Waals surface area contributed by atoms with Gasteiger partial charge in [0.1, 0.15) is 12.4 Å². The summed E-state index contributed by atoms with van der Waals surface area (Å²) in [4.78, 5) is 0. The van der Waals surface area contributed by atoms with Crippen molar-refractivity contribution in [3.63, 3.8) is 0 Å². The van der Waals surface area contributed by atoms with E-state index in [0.29, 0.717) is 6.61 Å². The molecule has 1 aromatic heterocycles. The Kier molecular flexibility index (Phi) is 5.43. The molecule has 1 atom stereocenters. The van der Waals surface area contributed by atoms with Crippen molar-refractivity contribution in [3.05, 3.63) is 50.6 Å². The summed E-state index contributed by atoms with van der Waals surface area (Å²) < 4.78 is 6.95. The normalized spacial score (nSPS) is 12.4. The SMILES string of the molecule is CCC(N)Cc1cccc(Br)c1OCc1ccsc1. The number of hydrogen-bond acceptors (Lipinski definition) is 3. The van der Waals surface area contributed by atoms with Gasteiger partial charge in [-0.1, -0.05) is 19.1 Å². The van der Waals surface area contributed by atoms with Crippen LogP contribution in [0.1, 0.15) is 24.5 Å². The highest BCUT2D eigenvalue weighted by Crippen LogP contribution is 2.31. The number of thiophene rings is 1. The van der Waals surface area contributed by atoms with E-state index in [1.807, 2.05) is 12.1 Å². The predicted octanol–water partition coefficient (Wildman–Crippen LogP) is 4.37. The Morgan fingerprint density at radius 3 is 2.89 bits per heavy atom. The summed E-state index contributed by atoms with van der Waals surface area (Å²) in [5, 5.41) is 4.17. The van der Waals surface area contributed by atoms with E-state index >= 15 is 0 Å². The fourth-order valence-corrected chi connectivity index (χ4v) is 3.01. The molecular formula is C15H18BrNOS. The summed E-state index contributed by atoms with van der Waals surface area (Å²) in [5.74, 6) is 0.914. The lowest BCUT2D eigenvalue weighted by molar-refractivity contribution is 0.300. The smallest absolute Gasteiger partial charge is 0.137 e. The van der Waals surface area contributed by atoms with Gasteiger partial charge in [-0.15, -0.1) is 0 Å². The van der Waals surface area contributed by atoms with Crippen LogP contribution in [0.3, 0.4) is 0 Å². The van der Waals surface area contributed by atoms with Crippen LogP contribution in [-0.2, 0) is 13.0 Å². The first-order valence-corrected chi connectivity index (χ1v) is 8.11. The maximum atomic E-state index is 6.05. The van der Waals surface area contributed by atoms with Gasteiger partial charge in [-0.2, -0.15) is 11.3 Å².